The van der Waals surface area contributed by atoms with Crippen LogP contribution >= 0.6 is 11.6 Å². The van der Waals surface area contributed by atoms with Crippen molar-refractivity contribution in [3.63, 3.8) is 0 Å². The van der Waals surface area contributed by atoms with Gasteiger partial charge in [0.15, 0.2) is 0 Å². The van der Waals surface area contributed by atoms with Crippen molar-refractivity contribution >= 4 is 34.2 Å². The number of H-pyrrole nitrogens is 1. The molecule has 0 saturated heterocycles. The number of hydrogen-bond donors (Lipinski definition) is 2. The zero-order valence-electron chi connectivity index (χ0n) is 13.4. The minimum atomic E-state index is -0.287. The lowest BCUT2D eigenvalue weighted by Crippen LogP contribution is -2.13. The van der Waals surface area contributed by atoms with Crippen molar-refractivity contribution in [2.75, 3.05) is 12.4 Å². The number of benzene rings is 1. The number of methoxy groups -OCH3 is 1. The molecule has 0 aliphatic rings. The Morgan fingerprint density at radius 2 is 2.21 bits per heavy atom. The van der Waals surface area contributed by atoms with Crippen LogP contribution < -0.4 is 10.1 Å². The summed E-state index contributed by atoms with van der Waals surface area (Å²) in [5.41, 5.74) is 2.26. The Morgan fingerprint density at radius 1 is 1.38 bits per heavy atom. The molecule has 0 bridgehead atoms. The molecule has 124 valence electrons. The number of ether oxygens (including phenoxy) is 1. The van der Waals surface area contributed by atoms with E-state index in [-0.39, 0.29) is 5.91 Å². The predicted molar refractivity (Wildman–Crippen MR) is 93.8 cm³/mol. The first-order chi connectivity index (χ1) is 11.6. The van der Waals surface area contributed by atoms with Crippen LogP contribution in [0.25, 0.3) is 11.0 Å². The van der Waals surface area contributed by atoms with E-state index in [9.17, 15) is 4.79 Å². The third-order valence-electron chi connectivity index (χ3n) is 3.63. The fourth-order valence-electron chi connectivity index (χ4n) is 2.49. The molecule has 7 heteroatoms. The van der Waals surface area contributed by atoms with Gasteiger partial charge in [-0.1, -0.05) is 18.5 Å². The normalized spacial score (nSPS) is 10.8. The van der Waals surface area contributed by atoms with Crippen LogP contribution in [-0.2, 0) is 6.42 Å². The van der Waals surface area contributed by atoms with Crippen molar-refractivity contribution in [1.82, 2.24) is 15.0 Å². The molecule has 0 aliphatic heterocycles. The van der Waals surface area contributed by atoms with Gasteiger partial charge in [-0.2, -0.15) is 0 Å². The van der Waals surface area contributed by atoms with Crippen LogP contribution in [0.5, 0.6) is 5.75 Å². The number of aryl methyl sites for hydroxylation is 1. The largest absolute Gasteiger partial charge is 0.494 e. The van der Waals surface area contributed by atoms with Gasteiger partial charge in [-0.05, 0) is 24.6 Å². The van der Waals surface area contributed by atoms with E-state index in [4.69, 9.17) is 16.3 Å². The molecule has 0 radical (unpaired) electrons. The van der Waals surface area contributed by atoms with Gasteiger partial charge in [0.1, 0.15) is 22.6 Å². The molecule has 0 fully saturated rings. The number of pyridine rings is 1. The zero-order valence-corrected chi connectivity index (χ0v) is 14.1. The first-order valence-electron chi connectivity index (χ1n) is 7.60. The molecule has 1 amide bonds. The Balaban J connectivity index is 2.02. The second kappa shape index (κ2) is 6.88. The number of fused-ring (bicyclic) bond motifs is 1. The average Bonchev–Trinajstić information content (AvgIpc) is 3.00. The standard InChI is InChI=1S/C17H17ClN4O2/c1-3-4-14-21-15-10(5-6-13(24-2)16(15)22-14)17(23)20-12-7-8-19-9-11(12)18/h5-9H,3-4H2,1-2H3,(H,21,22)(H,19,20,23). The molecule has 0 atom stereocenters. The molecule has 0 spiro atoms. The van der Waals surface area contributed by atoms with E-state index in [0.29, 0.717) is 27.5 Å². The maximum atomic E-state index is 12.7. The Bertz CT molecular complexity index is 891. The molecule has 0 saturated carbocycles. The molecule has 0 unspecified atom stereocenters. The maximum absolute atomic E-state index is 12.7. The molecule has 1 aromatic carbocycles. The second-order valence-electron chi connectivity index (χ2n) is 5.28. The highest BCUT2D eigenvalue weighted by Gasteiger charge is 2.18. The molecule has 6 nitrogen and oxygen atoms in total. The Kier molecular flexibility index (Phi) is 4.66. The fraction of sp³-hybridized carbons (Fsp3) is 0.235. The minimum Gasteiger partial charge on any atom is -0.494 e. The van der Waals surface area contributed by atoms with Crippen LogP contribution in [-0.4, -0.2) is 28.0 Å². The average molecular weight is 345 g/mol. The highest BCUT2D eigenvalue weighted by Crippen LogP contribution is 2.28. The van der Waals surface area contributed by atoms with Gasteiger partial charge in [0.2, 0.25) is 0 Å². The Labute approximate surface area is 144 Å². The number of halogens is 1. The van der Waals surface area contributed by atoms with Crippen molar-refractivity contribution in [2.24, 2.45) is 0 Å². The fourth-order valence-corrected chi connectivity index (χ4v) is 2.66. The van der Waals surface area contributed by atoms with E-state index in [1.165, 1.54) is 6.20 Å². The number of hydrogen-bond acceptors (Lipinski definition) is 4. The minimum absolute atomic E-state index is 0.287. The molecule has 2 aromatic heterocycles. The SMILES string of the molecule is CCCc1nc2c(C(=O)Nc3ccncc3Cl)ccc(OC)c2[nH]1. The summed E-state index contributed by atoms with van der Waals surface area (Å²) in [4.78, 5) is 24.4. The maximum Gasteiger partial charge on any atom is 0.257 e. The van der Waals surface area contributed by atoms with E-state index in [2.05, 4.69) is 27.2 Å². The van der Waals surface area contributed by atoms with Gasteiger partial charge in [0.05, 0.1) is 23.4 Å². The number of aromatic nitrogens is 3. The predicted octanol–water partition coefficient (Wildman–Crippen LogP) is 3.82. The molecule has 24 heavy (non-hydrogen) atoms. The van der Waals surface area contributed by atoms with Crippen molar-refractivity contribution in [3.8, 4) is 5.75 Å². The molecule has 3 aromatic rings. The van der Waals surface area contributed by atoms with Gasteiger partial charge in [0.25, 0.3) is 5.91 Å². The number of anilines is 1. The molecule has 0 aliphatic carbocycles. The van der Waals surface area contributed by atoms with Gasteiger partial charge in [0, 0.05) is 18.8 Å². The van der Waals surface area contributed by atoms with Crippen molar-refractivity contribution < 1.29 is 9.53 Å². The first kappa shape index (κ1) is 16.3. The van der Waals surface area contributed by atoms with Crippen LogP contribution in [0.1, 0.15) is 29.5 Å². The van der Waals surface area contributed by atoms with E-state index in [1.54, 1.807) is 31.5 Å². The lowest BCUT2D eigenvalue weighted by molar-refractivity contribution is 0.102. The van der Waals surface area contributed by atoms with Gasteiger partial charge >= 0.3 is 0 Å². The van der Waals surface area contributed by atoms with E-state index in [0.717, 1.165) is 24.2 Å². The second-order valence-corrected chi connectivity index (χ2v) is 5.69. The summed E-state index contributed by atoms with van der Waals surface area (Å²) in [5, 5.41) is 3.17. The van der Waals surface area contributed by atoms with Crippen LogP contribution in [0.4, 0.5) is 5.69 Å². The highest BCUT2D eigenvalue weighted by atomic mass is 35.5. The lowest BCUT2D eigenvalue weighted by atomic mass is 10.1. The lowest BCUT2D eigenvalue weighted by Gasteiger charge is -2.08. The van der Waals surface area contributed by atoms with E-state index in [1.807, 2.05) is 0 Å². The van der Waals surface area contributed by atoms with Gasteiger partial charge in [-0.15, -0.1) is 0 Å². The summed E-state index contributed by atoms with van der Waals surface area (Å²) in [7, 11) is 1.59. The summed E-state index contributed by atoms with van der Waals surface area (Å²) in [6, 6.07) is 5.09. The number of aromatic amines is 1. The van der Waals surface area contributed by atoms with Crippen molar-refractivity contribution in [1.29, 1.82) is 0 Å². The molecular weight excluding hydrogens is 328 g/mol. The summed E-state index contributed by atoms with van der Waals surface area (Å²) in [5.74, 6) is 1.19. The summed E-state index contributed by atoms with van der Waals surface area (Å²) in [6.07, 6.45) is 4.80. The third-order valence-corrected chi connectivity index (χ3v) is 3.93. The van der Waals surface area contributed by atoms with E-state index < -0.39 is 0 Å². The molecule has 3 rings (SSSR count). The number of nitrogens with one attached hydrogen (secondary N) is 2. The topological polar surface area (TPSA) is 79.9 Å². The smallest absolute Gasteiger partial charge is 0.257 e. The molecular formula is C17H17ClN4O2. The van der Waals surface area contributed by atoms with Crippen LogP contribution in [0.15, 0.2) is 30.6 Å². The van der Waals surface area contributed by atoms with Crippen LogP contribution in [0.3, 0.4) is 0 Å². The van der Waals surface area contributed by atoms with Gasteiger partial charge in [-0.3, -0.25) is 9.78 Å². The quantitative estimate of drug-likeness (QED) is 0.737. The third kappa shape index (κ3) is 3.05. The molecule has 2 heterocycles. The summed E-state index contributed by atoms with van der Waals surface area (Å²) >= 11 is 6.05. The van der Waals surface area contributed by atoms with Crippen LogP contribution in [0.2, 0.25) is 5.02 Å². The number of nitrogens with zero attached hydrogens (tertiary/aromatic N) is 2. The number of rotatable bonds is 5. The molecule has 2 N–H and O–H groups in total. The summed E-state index contributed by atoms with van der Waals surface area (Å²) in [6.45, 7) is 2.07. The Morgan fingerprint density at radius 3 is 2.92 bits per heavy atom. The van der Waals surface area contributed by atoms with Crippen LogP contribution in [0, 0.1) is 0 Å². The first-order valence-corrected chi connectivity index (χ1v) is 7.98. The van der Waals surface area contributed by atoms with E-state index >= 15 is 0 Å². The van der Waals surface area contributed by atoms with Gasteiger partial charge < -0.3 is 15.0 Å². The van der Waals surface area contributed by atoms with Gasteiger partial charge in [-0.25, -0.2) is 4.98 Å². The van der Waals surface area contributed by atoms with Crippen molar-refractivity contribution in [2.45, 2.75) is 19.8 Å². The zero-order chi connectivity index (χ0) is 17.1. The number of amides is 1. The highest BCUT2D eigenvalue weighted by molar-refractivity contribution is 6.33. The Hall–Kier alpha value is -2.60. The van der Waals surface area contributed by atoms with Crippen molar-refractivity contribution in [3.05, 3.63) is 47.0 Å². The number of carbonyl (C=O) groups excluding carboxylic acids is 1. The number of carbonyl (C=O) groups is 1. The monoisotopic (exact) mass is 344 g/mol. The number of imidazole rings is 1. The summed E-state index contributed by atoms with van der Waals surface area (Å²) < 4.78 is 5.36.